The molecule has 2 aliphatic carbocycles. The van der Waals surface area contributed by atoms with Gasteiger partial charge in [-0.25, -0.2) is 23.1 Å². The molecule has 2 N–H and O–H groups in total. The van der Waals surface area contributed by atoms with Gasteiger partial charge in [-0.2, -0.15) is 4.98 Å². The molecule has 0 amide bonds. The smallest absolute Gasteiger partial charge is 0.216 e. The van der Waals surface area contributed by atoms with Crippen molar-refractivity contribution in [1.29, 1.82) is 0 Å². The zero-order valence-corrected chi connectivity index (χ0v) is 19.9. The Morgan fingerprint density at radius 1 is 1.24 bits per heavy atom. The van der Waals surface area contributed by atoms with Crippen LogP contribution in [-0.2, 0) is 26.8 Å². The van der Waals surface area contributed by atoms with E-state index in [1.807, 2.05) is 0 Å². The molecule has 2 saturated carbocycles. The van der Waals surface area contributed by atoms with E-state index in [9.17, 15) is 13.5 Å². The topological polar surface area (TPSA) is 137 Å². The normalized spacial score (nSPS) is 28.2. The van der Waals surface area contributed by atoms with E-state index in [0.29, 0.717) is 43.3 Å². The van der Waals surface area contributed by atoms with Crippen molar-refractivity contribution < 1.29 is 27.4 Å². The van der Waals surface area contributed by atoms with Gasteiger partial charge < -0.3 is 19.0 Å². The standard InChI is InChI=1S/C22H32N4O6S/c1-30-19-8-10-23-20(25-19)15-3-5-18(6-4-15)32-14-22(21-24-17(12-27)13-31-21)9-7-16(11-22)26-33(2,28)29/h8,10,13,15-16,18,26-27H,3-7,9,11-12,14H2,1-2H3/t15-,16-,18+,22-/m0/s1. The number of rotatable bonds is 9. The van der Waals surface area contributed by atoms with Crippen molar-refractivity contribution >= 4 is 10.0 Å². The highest BCUT2D eigenvalue weighted by atomic mass is 32.2. The molecule has 0 bridgehead atoms. The summed E-state index contributed by atoms with van der Waals surface area (Å²) in [7, 11) is -1.71. The van der Waals surface area contributed by atoms with Gasteiger partial charge in [0.25, 0.3) is 0 Å². The summed E-state index contributed by atoms with van der Waals surface area (Å²) >= 11 is 0. The first-order valence-corrected chi connectivity index (χ1v) is 13.2. The van der Waals surface area contributed by atoms with Crippen LogP contribution < -0.4 is 9.46 Å². The first kappa shape index (κ1) is 24.1. The molecule has 0 radical (unpaired) electrons. The molecule has 182 valence electrons. The fourth-order valence-electron chi connectivity index (χ4n) is 4.97. The number of ether oxygens (including phenoxy) is 2. The summed E-state index contributed by atoms with van der Waals surface area (Å²) in [6.45, 7) is 0.188. The van der Waals surface area contributed by atoms with Gasteiger partial charge in [0.15, 0.2) is 0 Å². The third-order valence-corrected chi connectivity index (χ3v) is 7.41. The molecular formula is C22H32N4O6S. The third kappa shape index (κ3) is 5.89. The average Bonchev–Trinajstić information content (AvgIpc) is 3.45. The number of sulfonamides is 1. The minimum absolute atomic E-state index is 0.0953. The number of oxazole rings is 1. The highest BCUT2D eigenvalue weighted by Crippen LogP contribution is 2.42. The van der Waals surface area contributed by atoms with E-state index in [1.54, 1.807) is 19.4 Å². The van der Waals surface area contributed by atoms with Gasteiger partial charge in [0.05, 0.1) is 38.1 Å². The fourth-order valence-corrected chi connectivity index (χ4v) is 5.78. The quantitative estimate of drug-likeness (QED) is 0.552. The van der Waals surface area contributed by atoms with Crippen molar-refractivity contribution in [2.75, 3.05) is 20.0 Å². The highest BCUT2D eigenvalue weighted by Gasteiger charge is 2.46. The number of aliphatic hydroxyl groups excluding tert-OH is 1. The van der Waals surface area contributed by atoms with Gasteiger partial charge in [0.2, 0.25) is 21.8 Å². The average molecular weight is 481 g/mol. The van der Waals surface area contributed by atoms with Crippen LogP contribution in [0.25, 0.3) is 0 Å². The lowest BCUT2D eigenvalue weighted by Crippen LogP contribution is -2.37. The molecule has 2 fully saturated rings. The van der Waals surface area contributed by atoms with Crippen LogP contribution in [0, 0.1) is 0 Å². The minimum atomic E-state index is -3.31. The second kappa shape index (κ2) is 10.0. The van der Waals surface area contributed by atoms with E-state index >= 15 is 0 Å². The molecule has 10 nitrogen and oxygen atoms in total. The monoisotopic (exact) mass is 480 g/mol. The van der Waals surface area contributed by atoms with Crippen LogP contribution in [0.2, 0.25) is 0 Å². The molecule has 2 heterocycles. The maximum Gasteiger partial charge on any atom is 0.216 e. The molecule has 2 aliphatic rings. The molecule has 2 aromatic rings. The second-order valence-electron chi connectivity index (χ2n) is 9.15. The van der Waals surface area contributed by atoms with Gasteiger partial charge in [-0.1, -0.05) is 0 Å². The summed E-state index contributed by atoms with van der Waals surface area (Å²) in [6, 6.07) is 1.55. The Hall–Kier alpha value is -2.08. The zero-order chi connectivity index (χ0) is 23.5. The van der Waals surface area contributed by atoms with Gasteiger partial charge in [-0.3, -0.25) is 0 Å². The summed E-state index contributed by atoms with van der Waals surface area (Å²) in [4.78, 5) is 13.3. The van der Waals surface area contributed by atoms with Crippen LogP contribution in [0.1, 0.15) is 68.3 Å². The Morgan fingerprint density at radius 2 is 2.03 bits per heavy atom. The maximum absolute atomic E-state index is 11.7. The molecule has 0 aliphatic heterocycles. The minimum Gasteiger partial charge on any atom is -0.481 e. The Labute approximate surface area is 194 Å². The molecule has 0 aromatic carbocycles. The summed E-state index contributed by atoms with van der Waals surface area (Å²) in [5.74, 6) is 2.17. The number of hydrogen-bond acceptors (Lipinski definition) is 9. The third-order valence-electron chi connectivity index (χ3n) is 6.65. The van der Waals surface area contributed by atoms with Crippen molar-refractivity contribution in [1.82, 2.24) is 19.7 Å². The van der Waals surface area contributed by atoms with E-state index in [1.165, 1.54) is 12.5 Å². The van der Waals surface area contributed by atoms with Gasteiger partial charge in [0.1, 0.15) is 17.8 Å². The Morgan fingerprint density at radius 3 is 2.70 bits per heavy atom. The Balaban J connectivity index is 1.39. The number of hydrogen-bond donors (Lipinski definition) is 2. The molecule has 11 heteroatoms. The lowest BCUT2D eigenvalue weighted by atomic mass is 9.85. The summed E-state index contributed by atoms with van der Waals surface area (Å²) < 4.78 is 43.5. The van der Waals surface area contributed by atoms with Crippen LogP contribution in [0.3, 0.4) is 0 Å². The van der Waals surface area contributed by atoms with Crippen molar-refractivity contribution in [2.45, 2.75) is 75.0 Å². The van der Waals surface area contributed by atoms with E-state index in [4.69, 9.17) is 13.9 Å². The lowest BCUT2D eigenvalue weighted by Gasteiger charge is -2.32. The lowest BCUT2D eigenvalue weighted by molar-refractivity contribution is -0.0104. The van der Waals surface area contributed by atoms with Crippen LogP contribution >= 0.6 is 0 Å². The largest absolute Gasteiger partial charge is 0.481 e. The van der Waals surface area contributed by atoms with Crippen molar-refractivity contribution in [3.8, 4) is 5.88 Å². The van der Waals surface area contributed by atoms with E-state index in [-0.39, 0.29) is 24.7 Å². The van der Waals surface area contributed by atoms with E-state index in [0.717, 1.165) is 31.5 Å². The van der Waals surface area contributed by atoms with Gasteiger partial charge in [-0.15, -0.1) is 0 Å². The molecule has 4 rings (SSSR count). The van der Waals surface area contributed by atoms with Gasteiger partial charge in [0, 0.05) is 24.2 Å². The number of nitrogens with zero attached hydrogens (tertiary/aromatic N) is 3. The Bertz CT molecular complexity index is 1040. The first-order valence-electron chi connectivity index (χ1n) is 11.3. The van der Waals surface area contributed by atoms with E-state index in [2.05, 4.69) is 19.7 Å². The van der Waals surface area contributed by atoms with E-state index < -0.39 is 15.4 Å². The maximum atomic E-state index is 11.7. The first-order chi connectivity index (χ1) is 15.8. The van der Waals surface area contributed by atoms with Crippen LogP contribution in [0.5, 0.6) is 5.88 Å². The molecule has 0 saturated heterocycles. The van der Waals surface area contributed by atoms with Crippen molar-refractivity contribution in [3.63, 3.8) is 0 Å². The number of aromatic nitrogens is 3. The molecular weight excluding hydrogens is 448 g/mol. The Kier molecular flexibility index (Phi) is 7.32. The molecule has 0 spiro atoms. The van der Waals surface area contributed by atoms with Crippen molar-refractivity contribution in [3.05, 3.63) is 35.9 Å². The number of aliphatic hydroxyl groups is 1. The van der Waals surface area contributed by atoms with Crippen LogP contribution in [0.15, 0.2) is 22.9 Å². The number of methoxy groups -OCH3 is 1. The molecule has 0 unspecified atom stereocenters. The summed E-state index contributed by atoms with van der Waals surface area (Å²) in [5, 5.41) is 9.40. The van der Waals surface area contributed by atoms with Crippen LogP contribution in [-0.4, -0.2) is 60.6 Å². The number of nitrogens with one attached hydrogen (secondary N) is 1. The molecule has 33 heavy (non-hydrogen) atoms. The predicted molar refractivity (Wildman–Crippen MR) is 119 cm³/mol. The highest BCUT2D eigenvalue weighted by molar-refractivity contribution is 7.88. The van der Waals surface area contributed by atoms with Crippen molar-refractivity contribution in [2.24, 2.45) is 0 Å². The SMILES string of the molecule is COc1ccnc([C@H]2CC[C@@H](OC[C@]3(c4nc(CO)co4)CC[C@H](NS(C)(=O)=O)C3)CC2)n1. The van der Waals surface area contributed by atoms with Gasteiger partial charge >= 0.3 is 0 Å². The predicted octanol–water partition coefficient (Wildman–Crippen LogP) is 2.05. The molecule has 2 aromatic heterocycles. The zero-order valence-electron chi connectivity index (χ0n) is 19.1. The molecule has 2 atom stereocenters. The summed E-state index contributed by atoms with van der Waals surface area (Å²) in [5.41, 5.74) is -0.0644. The van der Waals surface area contributed by atoms with Crippen LogP contribution in [0.4, 0.5) is 0 Å². The van der Waals surface area contributed by atoms with Gasteiger partial charge in [-0.05, 0) is 44.9 Å². The second-order valence-corrected chi connectivity index (χ2v) is 10.9. The fraction of sp³-hybridized carbons (Fsp3) is 0.682. The summed E-state index contributed by atoms with van der Waals surface area (Å²) in [6.07, 6.45) is 9.98.